The van der Waals surface area contributed by atoms with Crippen LogP contribution in [-0.2, 0) is 11.2 Å². The van der Waals surface area contributed by atoms with Crippen molar-refractivity contribution in [3.8, 4) is 5.75 Å². The summed E-state index contributed by atoms with van der Waals surface area (Å²) in [5.41, 5.74) is -0.776. The summed E-state index contributed by atoms with van der Waals surface area (Å²) < 4.78 is 10.3. The van der Waals surface area contributed by atoms with Crippen molar-refractivity contribution < 1.29 is 34.1 Å². The molecule has 0 spiro atoms. The Morgan fingerprint density at radius 2 is 2.04 bits per heavy atom. The smallest absolute Gasteiger partial charge is 0.338 e. The molecule has 3 N–H and O–H groups in total. The van der Waals surface area contributed by atoms with Gasteiger partial charge in [0.15, 0.2) is 5.78 Å². The standard InChI is InChI=1S/C19H18O8/c1-8(21)3-9-4-13-16(17(23)12(9)7-20)18(24)15-11(19(25)26-2)5-10(22)6-14(15)27-13/h5-6,8,20-22H,3-4,7H2,1-2H3. The maximum absolute atomic E-state index is 13.0. The summed E-state index contributed by atoms with van der Waals surface area (Å²) in [5.74, 6) is -1.80. The molecule has 3 rings (SSSR count). The Morgan fingerprint density at radius 1 is 1.33 bits per heavy atom. The average Bonchev–Trinajstić information content (AvgIpc) is 2.59. The molecule has 2 aromatic rings. The van der Waals surface area contributed by atoms with Gasteiger partial charge in [-0.25, -0.2) is 4.79 Å². The molecule has 0 saturated heterocycles. The Bertz CT molecular complexity index is 1040. The first-order valence-corrected chi connectivity index (χ1v) is 8.24. The maximum atomic E-state index is 13.0. The third kappa shape index (κ3) is 3.13. The monoisotopic (exact) mass is 374 g/mol. The molecule has 1 aromatic heterocycles. The van der Waals surface area contributed by atoms with Crippen molar-refractivity contribution >= 4 is 22.7 Å². The minimum atomic E-state index is -0.862. The number of aliphatic hydroxyl groups is 2. The van der Waals surface area contributed by atoms with Gasteiger partial charge >= 0.3 is 5.97 Å². The van der Waals surface area contributed by atoms with Gasteiger partial charge in [0.25, 0.3) is 0 Å². The summed E-state index contributed by atoms with van der Waals surface area (Å²) in [6.45, 7) is 0.955. The van der Waals surface area contributed by atoms with E-state index in [4.69, 9.17) is 4.42 Å². The lowest BCUT2D eigenvalue weighted by molar-refractivity contribution is 0.0602. The Kier molecular flexibility index (Phi) is 4.86. The molecule has 1 atom stereocenters. The summed E-state index contributed by atoms with van der Waals surface area (Å²) in [6, 6.07) is 2.24. The lowest BCUT2D eigenvalue weighted by Crippen LogP contribution is -2.28. The predicted octanol–water partition coefficient (Wildman–Crippen LogP) is 1.08. The Hall–Kier alpha value is -2.97. The van der Waals surface area contributed by atoms with Crippen molar-refractivity contribution in [1.82, 2.24) is 0 Å². The van der Waals surface area contributed by atoms with Crippen LogP contribution in [0.25, 0.3) is 11.0 Å². The fourth-order valence-corrected chi connectivity index (χ4v) is 3.32. The first-order valence-electron chi connectivity index (χ1n) is 8.24. The van der Waals surface area contributed by atoms with Crippen LogP contribution in [0.1, 0.15) is 39.8 Å². The number of aromatic hydroxyl groups is 1. The molecule has 0 radical (unpaired) electrons. The van der Waals surface area contributed by atoms with E-state index in [1.54, 1.807) is 6.92 Å². The molecule has 1 heterocycles. The number of fused-ring (bicyclic) bond motifs is 2. The van der Waals surface area contributed by atoms with E-state index >= 15 is 0 Å². The van der Waals surface area contributed by atoms with Gasteiger partial charge in [-0.05, 0) is 19.4 Å². The third-order valence-electron chi connectivity index (χ3n) is 4.46. The van der Waals surface area contributed by atoms with E-state index in [0.29, 0.717) is 5.57 Å². The summed E-state index contributed by atoms with van der Waals surface area (Å²) in [6.07, 6.45) is -0.565. The van der Waals surface area contributed by atoms with Crippen LogP contribution in [0.2, 0.25) is 0 Å². The van der Waals surface area contributed by atoms with Crippen LogP contribution in [0.5, 0.6) is 5.75 Å². The van der Waals surface area contributed by atoms with Gasteiger partial charge < -0.3 is 24.5 Å². The number of carbonyl (C=O) groups excluding carboxylic acids is 2. The highest BCUT2D eigenvalue weighted by molar-refractivity contribution is 6.13. The number of phenolic OH excluding ortho intramolecular Hbond substituents is 1. The van der Waals surface area contributed by atoms with E-state index in [2.05, 4.69) is 4.74 Å². The van der Waals surface area contributed by atoms with Crippen LogP contribution < -0.4 is 5.43 Å². The zero-order valence-electron chi connectivity index (χ0n) is 14.7. The first-order chi connectivity index (χ1) is 12.8. The van der Waals surface area contributed by atoms with Crippen molar-refractivity contribution in [2.24, 2.45) is 0 Å². The number of ether oxygens (including phenoxy) is 1. The fraction of sp³-hybridized carbons (Fsp3) is 0.316. The maximum Gasteiger partial charge on any atom is 0.338 e. The van der Waals surface area contributed by atoms with E-state index in [0.717, 1.165) is 13.2 Å². The minimum absolute atomic E-state index is 0.0356. The van der Waals surface area contributed by atoms with Crippen LogP contribution in [-0.4, -0.2) is 46.9 Å². The Balaban J connectivity index is 2.32. The van der Waals surface area contributed by atoms with Crippen LogP contribution in [0.3, 0.4) is 0 Å². The van der Waals surface area contributed by atoms with Crippen LogP contribution in [0.15, 0.2) is 32.5 Å². The van der Waals surface area contributed by atoms with E-state index in [1.807, 2.05) is 0 Å². The largest absolute Gasteiger partial charge is 0.508 e. The number of ketones is 1. The number of Topliss-reactive ketones (excluding diaryl/α,β-unsaturated/α-hetero) is 1. The van der Waals surface area contributed by atoms with Crippen LogP contribution in [0.4, 0.5) is 0 Å². The third-order valence-corrected chi connectivity index (χ3v) is 4.46. The number of rotatable bonds is 4. The van der Waals surface area contributed by atoms with Gasteiger partial charge in [-0.2, -0.15) is 0 Å². The molecular formula is C19H18O8. The topological polar surface area (TPSA) is 134 Å². The van der Waals surface area contributed by atoms with E-state index in [-0.39, 0.29) is 52.0 Å². The molecule has 27 heavy (non-hydrogen) atoms. The van der Waals surface area contributed by atoms with Gasteiger partial charge in [0.05, 0.1) is 30.8 Å². The summed E-state index contributed by atoms with van der Waals surface area (Å²) in [4.78, 5) is 37.8. The molecule has 0 fully saturated rings. The predicted molar refractivity (Wildman–Crippen MR) is 93.9 cm³/mol. The van der Waals surface area contributed by atoms with Gasteiger partial charge in [-0.15, -0.1) is 0 Å². The number of hydrogen-bond donors (Lipinski definition) is 3. The highest BCUT2D eigenvalue weighted by Gasteiger charge is 2.32. The summed E-state index contributed by atoms with van der Waals surface area (Å²) in [5, 5.41) is 28.9. The fourth-order valence-electron chi connectivity index (χ4n) is 3.32. The molecular weight excluding hydrogens is 356 g/mol. The van der Waals surface area contributed by atoms with Crippen molar-refractivity contribution in [2.45, 2.75) is 25.9 Å². The molecule has 142 valence electrons. The lowest BCUT2D eigenvalue weighted by Gasteiger charge is -2.21. The summed E-state index contributed by atoms with van der Waals surface area (Å²) in [7, 11) is 1.12. The van der Waals surface area contributed by atoms with Crippen molar-refractivity contribution in [3.63, 3.8) is 0 Å². The second-order valence-corrected chi connectivity index (χ2v) is 6.39. The molecule has 0 saturated carbocycles. The number of carbonyl (C=O) groups is 2. The van der Waals surface area contributed by atoms with Crippen molar-refractivity contribution in [3.05, 3.63) is 50.4 Å². The molecule has 8 nitrogen and oxygen atoms in total. The second kappa shape index (κ2) is 6.98. The normalized spacial score (nSPS) is 15.0. The van der Waals surface area contributed by atoms with Crippen molar-refractivity contribution in [2.75, 3.05) is 13.7 Å². The average molecular weight is 374 g/mol. The Labute approximate surface area is 153 Å². The van der Waals surface area contributed by atoms with E-state index < -0.39 is 29.9 Å². The number of hydrogen-bond acceptors (Lipinski definition) is 8. The number of methoxy groups -OCH3 is 1. The molecule has 0 aliphatic heterocycles. The zero-order chi connectivity index (χ0) is 19.9. The zero-order valence-corrected chi connectivity index (χ0v) is 14.7. The molecule has 8 heteroatoms. The Morgan fingerprint density at radius 3 is 2.63 bits per heavy atom. The number of phenols is 1. The SMILES string of the molecule is COC(=O)c1cc(O)cc2oc3c(c(=O)c12)C(=O)C(CO)=C(CC(C)O)C3. The highest BCUT2D eigenvalue weighted by atomic mass is 16.5. The van der Waals surface area contributed by atoms with Crippen LogP contribution in [0, 0.1) is 0 Å². The molecule has 0 bridgehead atoms. The second-order valence-electron chi connectivity index (χ2n) is 6.39. The number of aliphatic hydroxyl groups excluding tert-OH is 2. The van der Waals surface area contributed by atoms with Gasteiger partial charge in [0.1, 0.15) is 22.7 Å². The molecule has 1 aliphatic carbocycles. The minimum Gasteiger partial charge on any atom is -0.508 e. The van der Waals surface area contributed by atoms with E-state index in [9.17, 15) is 29.7 Å². The summed E-state index contributed by atoms with van der Waals surface area (Å²) >= 11 is 0. The quantitative estimate of drug-likeness (QED) is 0.677. The van der Waals surface area contributed by atoms with Crippen molar-refractivity contribution in [1.29, 1.82) is 0 Å². The highest BCUT2D eigenvalue weighted by Crippen LogP contribution is 2.31. The van der Waals surface area contributed by atoms with E-state index in [1.165, 1.54) is 6.07 Å². The van der Waals surface area contributed by atoms with Gasteiger partial charge in [-0.3, -0.25) is 9.59 Å². The number of esters is 1. The lowest BCUT2D eigenvalue weighted by atomic mass is 9.85. The first kappa shape index (κ1) is 18.8. The molecule has 1 aromatic carbocycles. The van der Waals surface area contributed by atoms with Gasteiger partial charge in [0, 0.05) is 18.1 Å². The molecule has 1 unspecified atom stereocenters. The number of benzene rings is 1. The van der Waals surface area contributed by atoms with Gasteiger partial charge in [-0.1, -0.05) is 5.57 Å². The molecule has 0 amide bonds. The van der Waals surface area contributed by atoms with Crippen LogP contribution >= 0.6 is 0 Å². The van der Waals surface area contributed by atoms with Gasteiger partial charge in [0.2, 0.25) is 5.43 Å². The molecule has 1 aliphatic rings.